The van der Waals surface area contributed by atoms with Gasteiger partial charge in [0.05, 0.1) is 13.7 Å². The van der Waals surface area contributed by atoms with Crippen LogP contribution in [0.15, 0.2) is 30.5 Å². The number of ether oxygens (including phenoxy) is 1. The molecule has 0 radical (unpaired) electrons. The Morgan fingerprint density at radius 2 is 2.29 bits per heavy atom. The summed E-state index contributed by atoms with van der Waals surface area (Å²) in [5.41, 5.74) is 1.05. The van der Waals surface area contributed by atoms with Gasteiger partial charge in [0.2, 0.25) is 0 Å². The molecule has 0 aliphatic rings. The number of nitrogens with zero attached hydrogens (tertiary/aromatic N) is 1. The third-order valence-corrected chi connectivity index (χ3v) is 2.25. The molecule has 1 aromatic carbocycles. The number of hydrogen-bond donors (Lipinski definition) is 0. The van der Waals surface area contributed by atoms with Crippen molar-refractivity contribution < 1.29 is 9.53 Å². The number of rotatable bonds is 3. The number of benzene rings is 1. The molecule has 0 aliphatic carbocycles. The quantitative estimate of drug-likeness (QED) is 0.690. The van der Waals surface area contributed by atoms with Crippen LogP contribution in [0.25, 0.3) is 10.9 Å². The van der Waals surface area contributed by atoms with Crippen molar-refractivity contribution in [1.82, 2.24) is 4.57 Å². The molecule has 0 saturated carbocycles. The first kappa shape index (κ1) is 8.81. The van der Waals surface area contributed by atoms with Gasteiger partial charge in [-0.2, -0.15) is 0 Å². The van der Waals surface area contributed by atoms with Gasteiger partial charge in [0, 0.05) is 17.1 Å². The van der Waals surface area contributed by atoms with Crippen molar-refractivity contribution in [3.05, 3.63) is 30.5 Å². The second-order valence-corrected chi connectivity index (χ2v) is 3.06. The molecule has 0 bridgehead atoms. The summed E-state index contributed by atoms with van der Waals surface area (Å²) in [6.07, 6.45) is 2.79. The highest BCUT2D eigenvalue weighted by Crippen LogP contribution is 2.21. The van der Waals surface area contributed by atoms with Crippen LogP contribution < -0.4 is 4.74 Å². The van der Waals surface area contributed by atoms with Crippen molar-refractivity contribution >= 4 is 17.2 Å². The average molecular weight is 189 g/mol. The van der Waals surface area contributed by atoms with E-state index in [4.69, 9.17) is 4.74 Å². The predicted molar refractivity (Wildman–Crippen MR) is 54.6 cm³/mol. The number of carbonyl (C=O) groups is 1. The van der Waals surface area contributed by atoms with E-state index in [2.05, 4.69) is 0 Å². The van der Waals surface area contributed by atoms with Gasteiger partial charge in [-0.05, 0) is 24.3 Å². The molecule has 0 atom stereocenters. The zero-order valence-electron chi connectivity index (χ0n) is 7.93. The molecule has 14 heavy (non-hydrogen) atoms. The molecule has 3 heteroatoms. The number of hydrogen-bond acceptors (Lipinski definition) is 2. The third kappa shape index (κ3) is 1.37. The van der Waals surface area contributed by atoms with Crippen molar-refractivity contribution in [2.45, 2.75) is 6.54 Å². The van der Waals surface area contributed by atoms with E-state index in [1.807, 2.05) is 35.0 Å². The molecule has 0 fully saturated rings. The molecule has 1 heterocycles. The number of aldehydes is 1. The van der Waals surface area contributed by atoms with Crippen LogP contribution in [0.3, 0.4) is 0 Å². The first-order chi connectivity index (χ1) is 6.85. The number of aromatic nitrogens is 1. The summed E-state index contributed by atoms with van der Waals surface area (Å²) in [7, 11) is 1.64. The average Bonchev–Trinajstić information content (AvgIpc) is 2.61. The first-order valence-electron chi connectivity index (χ1n) is 4.41. The van der Waals surface area contributed by atoms with Gasteiger partial charge in [0.15, 0.2) is 0 Å². The second kappa shape index (κ2) is 3.54. The van der Waals surface area contributed by atoms with Gasteiger partial charge < -0.3 is 14.1 Å². The summed E-state index contributed by atoms with van der Waals surface area (Å²) in [5, 5.41) is 1.09. The molecular formula is C11H11NO2. The Hall–Kier alpha value is -1.77. The number of carbonyl (C=O) groups excluding carboxylic acids is 1. The van der Waals surface area contributed by atoms with Crippen molar-refractivity contribution in [3.63, 3.8) is 0 Å². The summed E-state index contributed by atoms with van der Waals surface area (Å²) in [6, 6.07) is 7.78. The Labute approximate surface area is 81.9 Å². The summed E-state index contributed by atoms with van der Waals surface area (Å²) in [5.74, 6) is 0.835. The van der Waals surface area contributed by atoms with Crippen LogP contribution in [0.1, 0.15) is 0 Å². The fourth-order valence-electron chi connectivity index (χ4n) is 1.54. The molecule has 0 aliphatic heterocycles. The maximum absolute atomic E-state index is 10.4. The van der Waals surface area contributed by atoms with Gasteiger partial charge in [0.1, 0.15) is 12.0 Å². The lowest BCUT2D eigenvalue weighted by atomic mass is 10.2. The Bertz CT molecular complexity index is 459. The highest BCUT2D eigenvalue weighted by Gasteiger charge is 2.01. The number of fused-ring (bicyclic) bond motifs is 1. The van der Waals surface area contributed by atoms with E-state index in [-0.39, 0.29) is 0 Å². The molecule has 0 spiro atoms. The Morgan fingerprint density at radius 3 is 3.00 bits per heavy atom. The van der Waals surface area contributed by atoms with Crippen LogP contribution in [0.5, 0.6) is 5.75 Å². The lowest BCUT2D eigenvalue weighted by Crippen LogP contribution is -1.95. The fraction of sp³-hybridized carbons (Fsp3) is 0.182. The zero-order chi connectivity index (χ0) is 9.97. The smallest absolute Gasteiger partial charge is 0.139 e. The standard InChI is InChI=1S/C11H11NO2/c1-14-10-2-3-11-9(8-10)4-5-12(11)6-7-13/h2-5,7-8H,6H2,1H3. The normalized spacial score (nSPS) is 10.4. The van der Waals surface area contributed by atoms with Crippen LogP contribution >= 0.6 is 0 Å². The SMILES string of the molecule is COc1ccc2c(ccn2CC=O)c1. The largest absolute Gasteiger partial charge is 0.497 e. The zero-order valence-corrected chi connectivity index (χ0v) is 7.93. The molecule has 2 rings (SSSR count). The maximum Gasteiger partial charge on any atom is 0.139 e. The highest BCUT2D eigenvalue weighted by molar-refractivity contribution is 5.82. The summed E-state index contributed by atoms with van der Waals surface area (Å²) in [6.45, 7) is 0.399. The summed E-state index contributed by atoms with van der Waals surface area (Å²) >= 11 is 0. The van der Waals surface area contributed by atoms with Crippen LogP contribution in [0.2, 0.25) is 0 Å². The molecule has 1 aromatic heterocycles. The highest BCUT2D eigenvalue weighted by atomic mass is 16.5. The molecule has 0 unspecified atom stereocenters. The topological polar surface area (TPSA) is 31.2 Å². The predicted octanol–water partition coefficient (Wildman–Crippen LogP) is 1.85. The first-order valence-corrected chi connectivity index (χ1v) is 4.41. The van der Waals surface area contributed by atoms with E-state index in [0.29, 0.717) is 6.54 Å². The van der Waals surface area contributed by atoms with Gasteiger partial charge >= 0.3 is 0 Å². The summed E-state index contributed by atoms with van der Waals surface area (Å²) in [4.78, 5) is 10.4. The van der Waals surface area contributed by atoms with Crippen LogP contribution in [0, 0.1) is 0 Å². The van der Waals surface area contributed by atoms with Crippen LogP contribution in [-0.2, 0) is 11.3 Å². The van der Waals surface area contributed by atoms with E-state index in [9.17, 15) is 4.79 Å². The third-order valence-electron chi connectivity index (χ3n) is 2.25. The second-order valence-electron chi connectivity index (χ2n) is 3.06. The van der Waals surface area contributed by atoms with E-state index < -0.39 is 0 Å². The van der Waals surface area contributed by atoms with E-state index >= 15 is 0 Å². The summed E-state index contributed by atoms with van der Waals surface area (Å²) < 4.78 is 7.02. The van der Waals surface area contributed by atoms with E-state index in [1.54, 1.807) is 7.11 Å². The molecule has 3 nitrogen and oxygen atoms in total. The molecular weight excluding hydrogens is 178 g/mol. The van der Waals surface area contributed by atoms with Gasteiger partial charge in [-0.15, -0.1) is 0 Å². The van der Waals surface area contributed by atoms with Crippen molar-refractivity contribution in [2.24, 2.45) is 0 Å². The Morgan fingerprint density at radius 1 is 1.43 bits per heavy atom. The van der Waals surface area contributed by atoms with Crippen LogP contribution in [0.4, 0.5) is 0 Å². The molecule has 0 amide bonds. The maximum atomic E-state index is 10.4. The monoisotopic (exact) mass is 189 g/mol. The van der Waals surface area contributed by atoms with Gasteiger partial charge in [-0.25, -0.2) is 0 Å². The fourth-order valence-corrected chi connectivity index (χ4v) is 1.54. The molecule has 2 aromatic rings. The molecule has 0 N–H and O–H groups in total. The Kier molecular flexibility index (Phi) is 2.23. The minimum Gasteiger partial charge on any atom is -0.497 e. The molecule has 0 saturated heterocycles. The van der Waals surface area contributed by atoms with Gasteiger partial charge in [0.25, 0.3) is 0 Å². The van der Waals surface area contributed by atoms with Crippen molar-refractivity contribution in [3.8, 4) is 5.75 Å². The van der Waals surface area contributed by atoms with Crippen LogP contribution in [-0.4, -0.2) is 18.0 Å². The molecule has 72 valence electrons. The lowest BCUT2D eigenvalue weighted by molar-refractivity contribution is -0.108. The lowest BCUT2D eigenvalue weighted by Gasteiger charge is -2.01. The van der Waals surface area contributed by atoms with Gasteiger partial charge in [-0.1, -0.05) is 0 Å². The van der Waals surface area contributed by atoms with Gasteiger partial charge in [-0.3, -0.25) is 0 Å². The number of methoxy groups -OCH3 is 1. The Balaban J connectivity index is 2.53. The minimum absolute atomic E-state index is 0.399. The van der Waals surface area contributed by atoms with Crippen molar-refractivity contribution in [1.29, 1.82) is 0 Å². The van der Waals surface area contributed by atoms with E-state index in [1.165, 1.54) is 0 Å². The van der Waals surface area contributed by atoms with E-state index in [0.717, 1.165) is 22.9 Å². The minimum atomic E-state index is 0.399. The van der Waals surface area contributed by atoms with Crippen molar-refractivity contribution in [2.75, 3.05) is 7.11 Å².